The van der Waals surface area contributed by atoms with E-state index >= 15 is 0 Å². The second-order valence-corrected chi connectivity index (χ2v) is 5.37. The molecule has 1 aromatic carbocycles. The third-order valence-corrected chi connectivity index (χ3v) is 2.55. The summed E-state index contributed by atoms with van der Waals surface area (Å²) in [6.07, 6.45) is 0. The number of fused-ring (bicyclic) bond motifs is 1. The van der Waals surface area contributed by atoms with Gasteiger partial charge in [0, 0.05) is 0 Å². The monoisotopic (exact) mass is 278 g/mol. The van der Waals surface area contributed by atoms with Crippen molar-refractivity contribution in [2.24, 2.45) is 0 Å². The number of halogens is 3. The van der Waals surface area contributed by atoms with Crippen molar-refractivity contribution in [1.82, 2.24) is 9.97 Å². The van der Waals surface area contributed by atoms with Gasteiger partial charge < -0.3 is 10.1 Å². The summed E-state index contributed by atoms with van der Waals surface area (Å²) in [7, 11) is 0. The molecule has 0 atom stereocenters. The fraction of sp³-hybridized carbons (Fsp3) is 0.111. The lowest BCUT2D eigenvalue weighted by atomic mass is 10.2. The maximum absolute atomic E-state index is 10.9. The third-order valence-electron chi connectivity index (χ3n) is 2.01. The van der Waals surface area contributed by atoms with Crippen LogP contribution in [0.2, 0.25) is 0 Å². The van der Waals surface area contributed by atoms with Crippen molar-refractivity contribution in [3.05, 3.63) is 29.6 Å². The molecule has 0 spiro atoms. The summed E-state index contributed by atoms with van der Waals surface area (Å²) < 4.78 is -1.70. The van der Waals surface area contributed by atoms with Gasteiger partial charge >= 0.3 is 5.97 Å². The first-order chi connectivity index (χ1) is 7.39. The van der Waals surface area contributed by atoms with Crippen LogP contribution in [0.3, 0.4) is 0 Å². The number of benzene rings is 1. The molecule has 2 rings (SSSR count). The predicted molar refractivity (Wildman–Crippen MR) is 62.3 cm³/mol. The number of imidazole rings is 1. The fourth-order valence-corrected chi connectivity index (χ4v) is 1.61. The Morgan fingerprint density at radius 3 is 2.62 bits per heavy atom. The van der Waals surface area contributed by atoms with Gasteiger partial charge in [-0.05, 0) is 12.1 Å². The van der Waals surface area contributed by atoms with Crippen LogP contribution in [0.5, 0.6) is 0 Å². The molecule has 0 aliphatic heterocycles. The highest BCUT2D eigenvalue weighted by molar-refractivity contribution is 6.66. The standard InChI is InChI=1S/C9H5Cl3N2O2/c10-9(11,12)8-13-5-3-1-2-4(7(15)16)6(5)14-8/h1-3H,(H,13,14)(H,15,16). The normalized spacial score (nSPS) is 11.9. The molecule has 0 saturated heterocycles. The molecule has 0 aliphatic carbocycles. The van der Waals surface area contributed by atoms with Crippen molar-refractivity contribution in [2.75, 3.05) is 0 Å². The zero-order chi connectivity index (χ0) is 11.9. The van der Waals surface area contributed by atoms with Crippen LogP contribution >= 0.6 is 34.8 Å². The number of hydrogen-bond donors (Lipinski definition) is 2. The Balaban J connectivity index is 2.71. The number of rotatable bonds is 1. The largest absolute Gasteiger partial charge is 0.478 e. The van der Waals surface area contributed by atoms with E-state index in [0.717, 1.165) is 0 Å². The van der Waals surface area contributed by atoms with Crippen LogP contribution in [0.15, 0.2) is 18.2 Å². The molecule has 84 valence electrons. The molecule has 0 radical (unpaired) electrons. The molecule has 0 saturated carbocycles. The van der Waals surface area contributed by atoms with E-state index in [1.165, 1.54) is 6.07 Å². The van der Waals surface area contributed by atoms with Crippen molar-refractivity contribution < 1.29 is 9.90 Å². The van der Waals surface area contributed by atoms with Crippen LogP contribution in [-0.4, -0.2) is 21.0 Å². The van der Waals surface area contributed by atoms with E-state index in [1.54, 1.807) is 12.1 Å². The summed E-state index contributed by atoms with van der Waals surface area (Å²) in [5.74, 6) is -0.978. The molecule has 1 aromatic heterocycles. The van der Waals surface area contributed by atoms with Crippen LogP contribution < -0.4 is 0 Å². The van der Waals surface area contributed by atoms with E-state index in [-0.39, 0.29) is 16.9 Å². The molecular weight excluding hydrogens is 274 g/mol. The van der Waals surface area contributed by atoms with E-state index in [1.807, 2.05) is 0 Å². The molecule has 0 fully saturated rings. The molecule has 1 heterocycles. The summed E-state index contributed by atoms with van der Waals surface area (Å²) in [5, 5.41) is 8.94. The lowest BCUT2D eigenvalue weighted by Crippen LogP contribution is -2.02. The van der Waals surface area contributed by atoms with E-state index in [9.17, 15) is 4.79 Å². The molecule has 0 aliphatic rings. The molecular formula is C9H5Cl3N2O2. The fourth-order valence-electron chi connectivity index (χ4n) is 1.34. The summed E-state index contributed by atoms with van der Waals surface area (Å²) in [4.78, 5) is 17.7. The average molecular weight is 280 g/mol. The van der Waals surface area contributed by atoms with Gasteiger partial charge in [-0.15, -0.1) is 0 Å². The minimum atomic E-state index is -1.70. The number of aromatic nitrogens is 2. The lowest BCUT2D eigenvalue weighted by Gasteiger charge is -2.04. The topological polar surface area (TPSA) is 66.0 Å². The molecule has 2 N–H and O–H groups in total. The number of aromatic carboxylic acids is 1. The van der Waals surface area contributed by atoms with E-state index in [4.69, 9.17) is 39.9 Å². The maximum Gasteiger partial charge on any atom is 0.337 e. The number of hydrogen-bond acceptors (Lipinski definition) is 2. The average Bonchev–Trinajstić information content (AvgIpc) is 2.59. The summed E-state index contributed by atoms with van der Waals surface area (Å²) in [6.45, 7) is 0. The molecule has 2 aromatic rings. The van der Waals surface area contributed by atoms with Gasteiger partial charge in [-0.2, -0.15) is 0 Å². The van der Waals surface area contributed by atoms with E-state index in [0.29, 0.717) is 5.52 Å². The van der Waals surface area contributed by atoms with Crippen molar-refractivity contribution in [3.63, 3.8) is 0 Å². The lowest BCUT2D eigenvalue weighted by molar-refractivity contribution is 0.0699. The minimum Gasteiger partial charge on any atom is -0.478 e. The molecule has 0 unspecified atom stereocenters. The van der Waals surface area contributed by atoms with Gasteiger partial charge in [0.1, 0.15) is 5.52 Å². The van der Waals surface area contributed by atoms with Crippen LogP contribution in [0.25, 0.3) is 11.0 Å². The number of para-hydroxylation sites is 1. The van der Waals surface area contributed by atoms with Crippen LogP contribution in [0, 0.1) is 0 Å². The second kappa shape index (κ2) is 3.80. The molecule has 7 heteroatoms. The SMILES string of the molecule is O=C(O)c1cccc2[nH]c(C(Cl)(Cl)Cl)nc12. The Labute approximate surface area is 105 Å². The second-order valence-electron chi connectivity index (χ2n) is 3.09. The Morgan fingerprint density at radius 2 is 2.06 bits per heavy atom. The van der Waals surface area contributed by atoms with Crippen molar-refractivity contribution in [1.29, 1.82) is 0 Å². The minimum absolute atomic E-state index is 0.0641. The summed E-state index contributed by atoms with van der Waals surface area (Å²) >= 11 is 17.0. The molecule has 16 heavy (non-hydrogen) atoms. The first-order valence-corrected chi connectivity index (χ1v) is 5.32. The van der Waals surface area contributed by atoms with E-state index < -0.39 is 9.76 Å². The molecule has 0 bridgehead atoms. The van der Waals surface area contributed by atoms with Gasteiger partial charge in [0.2, 0.25) is 3.79 Å². The van der Waals surface area contributed by atoms with Gasteiger partial charge in [-0.3, -0.25) is 0 Å². The smallest absolute Gasteiger partial charge is 0.337 e. The number of nitrogens with zero attached hydrogens (tertiary/aromatic N) is 1. The molecule has 4 nitrogen and oxygen atoms in total. The number of H-pyrrole nitrogens is 1. The Hall–Kier alpha value is -0.970. The van der Waals surface area contributed by atoms with Gasteiger partial charge in [-0.25, -0.2) is 9.78 Å². The van der Waals surface area contributed by atoms with Gasteiger partial charge in [-0.1, -0.05) is 40.9 Å². The van der Waals surface area contributed by atoms with Crippen molar-refractivity contribution >= 4 is 51.8 Å². The summed E-state index contributed by atoms with van der Waals surface area (Å²) in [5.41, 5.74) is 0.854. The number of nitrogens with one attached hydrogen (secondary N) is 1. The number of carbonyl (C=O) groups is 1. The number of alkyl halides is 3. The number of carboxylic acids is 1. The van der Waals surface area contributed by atoms with Crippen molar-refractivity contribution in [3.8, 4) is 0 Å². The van der Waals surface area contributed by atoms with Gasteiger partial charge in [0.05, 0.1) is 11.1 Å². The van der Waals surface area contributed by atoms with E-state index in [2.05, 4.69) is 9.97 Å². The molecule has 0 amide bonds. The maximum atomic E-state index is 10.9. The highest BCUT2D eigenvalue weighted by Gasteiger charge is 2.27. The van der Waals surface area contributed by atoms with Gasteiger partial charge in [0.15, 0.2) is 5.82 Å². The highest BCUT2D eigenvalue weighted by atomic mass is 35.6. The zero-order valence-electron chi connectivity index (χ0n) is 7.67. The Kier molecular flexibility index (Phi) is 2.74. The first-order valence-electron chi connectivity index (χ1n) is 4.19. The van der Waals surface area contributed by atoms with Crippen LogP contribution in [-0.2, 0) is 3.79 Å². The summed E-state index contributed by atoms with van der Waals surface area (Å²) in [6, 6.07) is 4.69. The first kappa shape index (κ1) is 11.5. The Bertz CT molecular complexity index is 559. The quantitative estimate of drug-likeness (QED) is 0.788. The van der Waals surface area contributed by atoms with Gasteiger partial charge in [0.25, 0.3) is 0 Å². The van der Waals surface area contributed by atoms with Crippen LogP contribution in [0.4, 0.5) is 0 Å². The third kappa shape index (κ3) is 1.96. The van der Waals surface area contributed by atoms with Crippen molar-refractivity contribution in [2.45, 2.75) is 3.79 Å². The Morgan fingerprint density at radius 1 is 1.38 bits per heavy atom. The zero-order valence-corrected chi connectivity index (χ0v) is 9.94. The van der Waals surface area contributed by atoms with Crippen LogP contribution in [0.1, 0.15) is 16.2 Å². The number of aromatic amines is 1. The number of carboxylic acid groups (broad SMARTS) is 1. The predicted octanol–water partition coefficient (Wildman–Crippen LogP) is 3.09. The highest BCUT2D eigenvalue weighted by Crippen LogP contribution is 2.37.